The molecule has 0 radical (unpaired) electrons. The zero-order valence-electron chi connectivity index (χ0n) is 8.75. The van der Waals surface area contributed by atoms with Gasteiger partial charge in [-0.2, -0.15) is 0 Å². The van der Waals surface area contributed by atoms with Gasteiger partial charge in [0.05, 0.1) is 5.69 Å². The molecule has 0 atom stereocenters. The molecule has 0 bridgehead atoms. The molecular formula is C10H15ClN2OS. The molecule has 0 aliphatic carbocycles. The summed E-state index contributed by atoms with van der Waals surface area (Å²) in [7, 11) is 0. The first-order valence-corrected chi connectivity index (χ1v) is 6.41. The number of nitrogens with one attached hydrogen (secondary N) is 1. The zero-order chi connectivity index (χ0) is 11.1. The maximum absolute atomic E-state index is 10.8. The number of anilines is 1. The van der Waals surface area contributed by atoms with Crippen LogP contribution in [0.25, 0.3) is 0 Å². The van der Waals surface area contributed by atoms with Crippen molar-refractivity contribution in [2.45, 2.75) is 32.6 Å². The van der Waals surface area contributed by atoms with Crippen molar-refractivity contribution in [1.29, 1.82) is 0 Å². The van der Waals surface area contributed by atoms with Crippen molar-refractivity contribution in [2.75, 3.05) is 11.2 Å². The Hall–Kier alpha value is -0.610. The van der Waals surface area contributed by atoms with Gasteiger partial charge in [0, 0.05) is 18.2 Å². The van der Waals surface area contributed by atoms with Crippen molar-refractivity contribution in [3.8, 4) is 0 Å². The van der Waals surface area contributed by atoms with Gasteiger partial charge in [-0.1, -0.05) is 6.42 Å². The molecule has 0 aromatic carbocycles. The Bertz CT molecular complexity index is 314. The summed E-state index contributed by atoms with van der Waals surface area (Å²) in [6, 6.07) is 0. The van der Waals surface area contributed by atoms with Gasteiger partial charge >= 0.3 is 0 Å². The monoisotopic (exact) mass is 246 g/mol. The number of carbonyl (C=O) groups is 1. The molecule has 0 saturated carbocycles. The average molecular weight is 247 g/mol. The Morgan fingerprint density at radius 1 is 1.53 bits per heavy atom. The Kier molecular flexibility index (Phi) is 5.65. The van der Waals surface area contributed by atoms with Gasteiger partial charge in [-0.25, -0.2) is 4.98 Å². The molecule has 3 nitrogen and oxygen atoms in total. The molecule has 1 amide bonds. The van der Waals surface area contributed by atoms with Crippen LogP contribution in [0.4, 0.5) is 5.13 Å². The molecule has 5 heteroatoms. The van der Waals surface area contributed by atoms with Crippen LogP contribution in [-0.4, -0.2) is 16.8 Å². The maximum Gasteiger partial charge on any atom is 0.223 e. The molecule has 0 spiro atoms. The standard InChI is InChI=1S/C10H15ClN2OS/c1-8(14)12-10-13-9(7-15-10)5-3-2-4-6-11/h7H,2-6H2,1H3,(H,12,13,14). The molecule has 0 aliphatic heterocycles. The fraction of sp³-hybridized carbons (Fsp3) is 0.600. The number of amides is 1. The lowest BCUT2D eigenvalue weighted by Gasteiger charge is -1.96. The van der Waals surface area contributed by atoms with E-state index in [2.05, 4.69) is 10.3 Å². The number of unbranched alkanes of at least 4 members (excludes halogenated alkanes) is 2. The molecule has 0 unspecified atom stereocenters. The van der Waals surface area contributed by atoms with Crippen LogP contribution < -0.4 is 5.32 Å². The number of thiazole rings is 1. The fourth-order valence-corrected chi connectivity index (χ4v) is 2.19. The van der Waals surface area contributed by atoms with Crippen LogP contribution in [0.15, 0.2) is 5.38 Å². The van der Waals surface area contributed by atoms with Gasteiger partial charge in [0.1, 0.15) is 0 Å². The van der Waals surface area contributed by atoms with Crippen molar-refractivity contribution in [1.82, 2.24) is 4.98 Å². The van der Waals surface area contributed by atoms with E-state index in [4.69, 9.17) is 11.6 Å². The van der Waals surface area contributed by atoms with E-state index in [1.165, 1.54) is 18.3 Å². The molecule has 1 N–H and O–H groups in total. The highest BCUT2D eigenvalue weighted by Gasteiger charge is 2.02. The van der Waals surface area contributed by atoms with Gasteiger partial charge < -0.3 is 5.32 Å². The van der Waals surface area contributed by atoms with Gasteiger partial charge in [0.2, 0.25) is 5.91 Å². The Balaban J connectivity index is 2.29. The van der Waals surface area contributed by atoms with E-state index in [1.54, 1.807) is 0 Å². The summed E-state index contributed by atoms with van der Waals surface area (Å²) in [6.45, 7) is 1.49. The summed E-state index contributed by atoms with van der Waals surface area (Å²) in [4.78, 5) is 15.1. The molecule has 15 heavy (non-hydrogen) atoms. The summed E-state index contributed by atoms with van der Waals surface area (Å²) < 4.78 is 0. The highest BCUT2D eigenvalue weighted by atomic mass is 35.5. The SMILES string of the molecule is CC(=O)Nc1nc(CCCCCCl)cs1. The van der Waals surface area contributed by atoms with Crippen LogP contribution in [0.5, 0.6) is 0 Å². The van der Waals surface area contributed by atoms with E-state index in [9.17, 15) is 4.79 Å². The number of rotatable bonds is 6. The normalized spacial score (nSPS) is 10.3. The summed E-state index contributed by atoms with van der Waals surface area (Å²) >= 11 is 7.06. The summed E-state index contributed by atoms with van der Waals surface area (Å²) in [5.41, 5.74) is 1.05. The van der Waals surface area contributed by atoms with Gasteiger partial charge in [0.15, 0.2) is 5.13 Å². The van der Waals surface area contributed by atoms with Crippen molar-refractivity contribution in [3.05, 3.63) is 11.1 Å². The number of nitrogens with zero attached hydrogens (tertiary/aromatic N) is 1. The Labute approximate surface area is 98.9 Å². The molecular weight excluding hydrogens is 232 g/mol. The van der Waals surface area contributed by atoms with Crippen LogP contribution >= 0.6 is 22.9 Å². The number of aryl methyl sites for hydroxylation is 1. The third-order valence-electron chi connectivity index (χ3n) is 1.90. The molecule has 84 valence electrons. The van der Waals surface area contributed by atoms with Crippen molar-refractivity contribution in [2.24, 2.45) is 0 Å². The predicted molar refractivity (Wildman–Crippen MR) is 64.7 cm³/mol. The summed E-state index contributed by atoms with van der Waals surface area (Å²) in [5.74, 6) is 0.659. The minimum absolute atomic E-state index is 0.0713. The van der Waals surface area contributed by atoms with Gasteiger partial charge in [0.25, 0.3) is 0 Å². The number of halogens is 1. The fourth-order valence-electron chi connectivity index (χ4n) is 1.21. The highest BCUT2D eigenvalue weighted by Crippen LogP contribution is 2.17. The van der Waals surface area contributed by atoms with Crippen LogP contribution in [0.2, 0.25) is 0 Å². The van der Waals surface area contributed by atoms with E-state index in [0.29, 0.717) is 5.13 Å². The first-order valence-electron chi connectivity index (χ1n) is 5.00. The number of hydrogen-bond donors (Lipinski definition) is 1. The molecule has 1 aromatic rings. The smallest absolute Gasteiger partial charge is 0.223 e. The van der Waals surface area contributed by atoms with Crippen molar-refractivity contribution >= 4 is 34.0 Å². The topological polar surface area (TPSA) is 42.0 Å². The lowest BCUT2D eigenvalue weighted by Crippen LogP contribution is -2.05. The quantitative estimate of drug-likeness (QED) is 0.619. The van der Waals surface area contributed by atoms with Crippen LogP contribution in [-0.2, 0) is 11.2 Å². The van der Waals surface area contributed by atoms with Crippen molar-refractivity contribution < 1.29 is 4.79 Å². The van der Waals surface area contributed by atoms with Gasteiger partial charge in [-0.3, -0.25) is 4.79 Å². The zero-order valence-corrected chi connectivity index (χ0v) is 10.3. The Morgan fingerprint density at radius 2 is 2.33 bits per heavy atom. The third-order valence-corrected chi connectivity index (χ3v) is 2.98. The molecule has 1 heterocycles. The lowest BCUT2D eigenvalue weighted by atomic mass is 10.2. The number of alkyl halides is 1. The third kappa shape index (κ3) is 5.14. The molecule has 0 fully saturated rings. The summed E-state index contributed by atoms with van der Waals surface area (Å²) in [6.07, 6.45) is 4.27. The second kappa shape index (κ2) is 6.80. The Morgan fingerprint density at radius 3 is 3.00 bits per heavy atom. The second-order valence-electron chi connectivity index (χ2n) is 3.32. The first-order chi connectivity index (χ1) is 7.22. The summed E-state index contributed by atoms with van der Waals surface area (Å²) in [5, 5.41) is 5.36. The average Bonchev–Trinajstić information content (AvgIpc) is 2.59. The molecule has 1 rings (SSSR count). The minimum atomic E-state index is -0.0713. The first kappa shape index (κ1) is 12.5. The molecule has 0 aliphatic rings. The largest absolute Gasteiger partial charge is 0.302 e. The van der Waals surface area contributed by atoms with Crippen LogP contribution in [0.3, 0.4) is 0 Å². The van der Waals surface area contributed by atoms with Crippen molar-refractivity contribution in [3.63, 3.8) is 0 Å². The highest BCUT2D eigenvalue weighted by molar-refractivity contribution is 7.13. The van der Waals surface area contributed by atoms with Crippen LogP contribution in [0, 0.1) is 0 Å². The minimum Gasteiger partial charge on any atom is -0.302 e. The van der Waals surface area contributed by atoms with E-state index >= 15 is 0 Å². The van der Waals surface area contributed by atoms with Crippen LogP contribution in [0.1, 0.15) is 31.9 Å². The molecule has 0 saturated heterocycles. The van der Waals surface area contributed by atoms with E-state index in [1.807, 2.05) is 5.38 Å². The van der Waals surface area contributed by atoms with E-state index in [-0.39, 0.29) is 5.91 Å². The maximum atomic E-state index is 10.8. The number of hydrogen-bond acceptors (Lipinski definition) is 3. The van der Waals surface area contributed by atoms with E-state index in [0.717, 1.165) is 37.3 Å². The van der Waals surface area contributed by atoms with Gasteiger partial charge in [-0.05, 0) is 19.3 Å². The van der Waals surface area contributed by atoms with E-state index < -0.39 is 0 Å². The molecule has 1 aromatic heterocycles. The predicted octanol–water partition coefficient (Wildman–Crippen LogP) is 3.05. The number of carbonyl (C=O) groups excluding carboxylic acids is 1. The second-order valence-corrected chi connectivity index (χ2v) is 4.56. The van der Waals surface area contributed by atoms with Gasteiger partial charge in [-0.15, -0.1) is 22.9 Å². The lowest BCUT2D eigenvalue weighted by molar-refractivity contribution is -0.114. The number of aromatic nitrogens is 1.